The first-order valence-corrected chi connectivity index (χ1v) is 12.0. The molecule has 8 N–H and O–H groups in total. The van der Waals surface area contributed by atoms with Crippen molar-refractivity contribution in [1.82, 2.24) is 30.9 Å². The Morgan fingerprint density at radius 2 is 1.70 bits per heavy atom. The minimum absolute atomic E-state index is 0.0858. The van der Waals surface area contributed by atoms with Gasteiger partial charge in [-0.15, -0.1) is 0 Å². The highest BCUT2D eigenvalue weighted by molar-refractivity contribution is 5.94. The Morgan fingerprint density at radius 1 is 1.00 bits per heavy atom. The molecule has 3 rings (SSSR count). The van der Waals surface area contributed by atoms with Crippen molar-refractivity contribution in [2.24, 2.45) is 11.7 Å². The molecule has 198 valence electrons. The van der Waals surface area contributed by atoms with Crippen molar-refractivity contribution in [3.05, 3.63) is 54.2 Å². The highest BCUT2D eigenvalue weighted by atomic mass is 16.4. The minimum atomic E-state index is -1.21. The topological polar surface area (TPSA) is 195 Å². The largest absolute Gasteiger partial charge is 0.480 e. The van der Waals surface area contributed by atoms with E-state index in [1.807, 2.05) is 38.1 Å². The van der Waals surface area contributed by atoms with E-state index in [9.17, 15) is 19.2 Å². The third-order valence-electron chi connectivity index (χ3n) is 5.82. The van der Waals surface area contributed by atoms with Gasteiger partial charge in [0.1, 0.15) is 18.6 Å². The standard InChI is InChI=1S/C25H33N7O5/c1-14(2)7-18(26)23(35)31-21(9-16-11-27-13-30-16)25(37)32-20(24(36)29-12-22(33)34)8-15-10-28-19-6-4-3-5-17(15)19/h3-6,10-11,13-14,18,20-21,28H,7-9,12,26H2,1-2H3,(H,27,30)(H,29,36)(H,31,35)(H,32,37)(H,33,34). The molecule has 3 aromatic rings. The summed E-state index contributed by atoms with van der Waals surface area (Å²) in [5.74, 6) is -2.80. The van der Waals surface area contributed by atoms with E-state index in [-0.39, 0.29) is 18.8 Å². The quantitative estimate of drug-likeness (QED) is 0.170. The number of carboxylic acids is 1. The maximum Gasteiger partial charge on any atom is 0.322 e. The molecule has 3 unspecified atom stereocenters. The Hall–Kier alpha value is -4.19. The number of benzene rings is 1. The molecular formula is C25H33N7O5. The smallest absolute Gasteiger partial charge is 0.322 e. The van der Waals surface area contributed by atoms with Crippen molar-refractivity contribution >= 4 is 34.6 Å². The minimum Gasteiger partial charge on any atom is -0.480 e. The van der Waals surface area contributed by atoms with Gasteiger partial charge in [0, 0.05) is 41.8 Å². The summed E-state index contributed by atoms with van der Waals surface area (Å²) in [6.07, 6.45) is 5.34. The maximum atomic E-state index is 13.4. The number of carbonyl (C=O) groups is 4. The van der Waals surface area contributed by atoms with Crippen LogP contribution in [0.1, 0.15) is 31.5 Å². The monoisotopic (exact) mass is 511 g/mol. The number of fused-ring (bicyclic) bond motifs is 1. The number of nitrogens with zero attached hydrogens (tertiary/aromatic N) is 1. The Labute approximate surface area is 213 Å². The average molecular weight is 512 g/mol. The molecule has 0 radical (unpaired) electrons. The Bertz CT molecular complexity index is 1220. The van der Waals surface area contributed by atoms with Crippen molar-refractivity contribution in [3.63, 3.8) is 0 Å². The molecule has 12 nitrogen and oxygen atoms in total. The number of amides is 3. The number of nitrogens with two attached hydrogens (primary N) is 1. The number of aromatic amines is 2. The van der Waals surface area contributed by atoms with Crippen LogP contribution >= 0.6 is 0 Å². The zero-order valence-corrected chi connectivity index (χ0v) is 20.8. The van der Waals surface area contributed by atoms with E-state index < -0.39 is 48.4 Å². The number of hydrogen-bond acceptors (Lipinski definition) is 6. The van der Waals surface area contributed by atoms with Gasteiger partial charge in [0.2, 0.25) is 17.7 Å². The lowest BCUT2D eigenvalue weighted by Gasteiger charge is -2.24. The number of para-hydroxylation sites is 1. The lowest BCUT2D eigenvalue weighted by atomic mass is 10.0. The molecule has 37 heavy (non-hydrogen) atoms. The normalized spacial score (nSPS) is 13.6. The molecule has 3 amide bonds. The van der Waals surface area contributed by atoms with E-state index in [4.69, 9.17) is 10.8 Å². The van der Waals surface area contributed by atoms with E-state index in [2.05, 4.69) is 30.9 Å². The fourth-order valence-corrected chi connectivity index (χ4v) is 4.01. The highest BCUT2D eigenvalue weighted by Gasteiger charge is 2.29. The van der Waals surface area contributed by atoms with E-state index in [0.29, 0.717) is 12.1 Å². The molecule has 0 aliphatic rings. The van der Waals surface area contributed by atoms with E-state index in [0.717, 1.165) is 16.5 Å². The van der Waals surface area contributed by atoms with Gasteiger partial charge in [0.15, 0.2) is 0 Å². The predicted molar refractivity (Wildman–Crippen MR) is 136 cm³/mol. The summed E-state index contributed by atoms with van der Waals surface area (Å²) in [6, 6.07) is 4.53. The first kappa shape index (κ1) is 27.4. The molecule has 12 heteroatoms. The number of imidazole rings is 1. The maximum absolute atomic E-state index is 13.4. The van der Waals surface area contributed by atoms with Crippen molar-refractivity contribution in [3.8, 4) is 0 Å². The molecule has 0 fully saturated rings. The third-order valence-corrected chi connectivity index (χ3v) is 5.82. The summed E-state index contributed by atoms with van der Waals surface area (Å²) in [7, 11) is 0. The average Bonchev–Trinajstić information content (AvgIpc) is 3.51. The van der Waals surface area contributed by atoms with Gasteiger partial charge < -0.3 is 36.8 Å². The number of carboxylic acid groups (broad SMARTS) is 1. The number of aliphatic carboxylic acids is 1. The third kappa shape index (κ3) is 7.90. The lowest BCUT2D eigenvalue weighted by Crippen LogP contribution is -2.57. The van der Waals surface area contributed by atoms with E-state index >= 15 is 0 Å². The Morgan fingerprint density at radius 3 is 2.38 bits per heavy atom. The first-order valence-electron chi connectivity index (χ1n) is 12.0. The molecule has 0 aliphatic heterocycles. The lowest BCUT2D eigenvalue weighted by molar-refractivity contribution is -0.138. The molecule has 2 heterocycles. The van der Waals surface area contributed by atoms with Crippen molar-refractivity contribution in [2.45, 2.75) is 51.2 Å². The number of H-pyrrole nitrogens is 2. The van der Waals surface area contributed by atoms with E-state index in [1.165, 1.54) is 12.5 Å². The number of rotatable bonds is 13. The van der Waals surface area contributed by atoms with E-state index in [1.54, 1.807) is 6.20 Å². The second kappa shape index (κ2) is 12.7. The number of aromatic nitrogens is 3. The van der Waals surface area contributed by atoms with Gasteiger partial charge in [-0.25, -0.2) is 4.98 Å². The predicted octanol–water partition coefficient (Wildman–Crippen LogP) is 0.220. The fourth-order valence-electron chi connectivity index (χ4n) is 4.01. The molecule has 3 atom stereocenters. The molecule has 0 bridgehead atoms. The van der Waals surface area contributed by atoms with Crippen LogP contribution < -0.4 is 21.7 Å². The van der Waals surface area contributed by atoms with Crippen molar-refractivity contribution in [1.29, 1.82) is 0 Å². The van der Waals surface area contributed by atoms with Crippen LogP contribution in [0, 0.1) is 5.92 Å². The zero-order chi connectivity index (χ0) is 26.9. The number of nitrogens with one attached hydrogen (secondary N) is 5. The SMILES string of the molecule is CC(C)CC(N)C(=O)NC(Cc1cnc[nH]1)C(=O)NC(Cc1c[nH]c2ccccc12)C(=O)NCC(=O)O. The van der Waals surface area contributed by atoms with Gasteiger partial charge >= 0.3 is 5.97 Å². The summed E-state index contributed by atoms with van der Waals surface area (Å²) >= 11 is 0. The van der Waals surface area contributed by atoms with Gasteiger partial charge in [-0.2, -0.15) is 0 Å². The molecular weight excluding hydrogens is 478 g/mol. The summed E-state index contributed by atoms with van der Waals surface area (Å²) < 4.78 is 0. The fraction of sp³-hybridized carbons (Fsp3) is 0.400. The van der Waals surface area contributed by atoms with Gasteiger partial charge in [0.25, 0.3) is 0 Å². The van der Waals surface area contributed by atoms with Gasteiger partial charge in [-0.05, 0) is 24.0 Å². The zero-order valence-electron chi connectivity index (χ0n) is 20.8. The van der Waals surface area contributed by atoms with Crippen LogP contribution in [0.5, 0.6) is 0 Å². The summed E-state index contributed by atoms with van der Waals surface area (Å²) in [5.41, 5.74) is 8.23. The highest BCUT2D eigenvalue weighted by Crippen LogP contribution is 2.19. The van der Waals surface area contributed by atoms with Crippen LogP contribution in [0.2, 0.25) is 0 Å². The molecule has 2 aromatic heterocycles. The van der Waals surface area contributed by atoms with Crippen LogP contribution in [-0.2, 0) is 32.0 Å². The first-order chi connectivity index (χ1) is 17.6. The second-order valence-electron chi connectivity index (χ2n) is 9.31. The van der Waals surface area contributed by atoms with Crippen LogP contribution in [0.3, 0.4) is 0 Å². The van der Waals surface area contributed by atoms with Crippen molar-refractivity contribution < 1.29 is 24.3 Å². The Kier molecular flexibility index (Phi) is 9.39. The van der Waals surface area contributed by atoms with Gasteiger partial charge in [0.05, 0.1) is 12.4 Å². The summed E-state index contributed by atoms with van der Waals surface area (Å²) in [4.78, 5) is 60.0. The van der Waals surface area contributed by atoms with Crippen molar-refractivity contribution in [2.75, 3.05) is 6.54 Å². The molecule has 0 saturated heterocycles. The molecule has 0 spiro atoms. The van der Waals surface area contributed by atoms with Crippen LogP contribution in [-0.4, -0.2) is 68.4 Å². The van der Waals surface area contributed by atoms with Gasteiger partial charge in [-0.1, -0.05) is 32.0 Å². The Balaban J connectivity index is 1.81. The summed E-state index contributed by atoms with van der Waals surface area (Å²) in [6.45, 7) is 3.28. The van der Waals surface area contributed by atoms with Crippen LogP contribution in [0.15, 0.2) is 43.0 Å². The second-order valence-corrected chi connectivity index (χ2v) is 9.31. The molecule has 0 aliphatic carbocycles. The van der Waals surface area contributed by atoms with Gasteiger partial charge in [-0.3, -0.25) is 19.2 Å². The van der Waals surface area contributed by atoms with Crippen LogP contribution in [0.4, 0.5) is 0 Å². The number of carbonyl (C=O) groups excluding carboxylic acids is 3. The summed E-state index contributed by atoms with van der Waals surface area (Å²) in [5, 5.41) is 17.6. The number of hydrogen-bond donors (Lipinski definition) is 7. The molecule has 0 saturated carbocycles. The molecule has 1 aromatic carbocycles. The van der Waals surface area contributed by atoms with Crippen LogP contribution in [0.25, 0.3) is 10.9 Å².